The van der Waals surface area contributed by atoms with Crippen LogP contribution < -0.4 is 0 Å². The topological polar surface area (TPSA) is 20.3 Å². The molecule has 94 valence electrons. The molecule has 0 N–H and O–H groups in total. The highest BCUT2D eigenvalue weighted by molar-refractivity contribution is 6.09. The van der Waals surface area contributed by atoms with Gasteiger partial charge >= 0.3 is 0 Å². The second kappa shape index (κ2) is 5.73. The Morgan fingerprint density at radius 3 is 2.56 bits per heavy atom. The van der Waals surface area contributed by atoms with Gasteiger partial charge in [-0.05, 0) is 50.7 Å². The summed E-state index contributed by atoms with van der Waals surface area (Å²) in [6, 6.07) is 8.85. The predicted molar refractivity (Wildman–Crippen MR) is 73.4 cm³/mol. The first-order chi connectivity index (χ1) is 8.66. The van der Waals surface area contributed by atoms with Crippen molar-refractivity contribution in [1.82, 2.24) is 4.90 Å². The predicted octanol–water partition coefficient (Wildman–Crippen LogP) is 2.93. The summed E-state index contributed by atoms with van der Waals surface area (Å²) in [4.78, 5) is 14.1. The van der Waals surface area contributed by atoms with Gasteiger partial charge in [-0.15, -0.1) is 0 Å². The molecule has 0 unspecified atom stereocenters. The molecular weight excluding hydrogens is 222 g/mol. The van der Waals surface area contributed by atoms with E-state index < -0.39 is 0 Å². The Hall–Kier alpha value is -1.75. The van der Waals surface area contributed by atoms with Gasteiger partial charge in [-0.2, -0.15) is 0 Å². The van der Waals surface area contributed by atoms with Gasteiger partial charge in [0.15, 0.2) is 0 Å². The van der Waals surface area contributed by atoms with Gasteiger partial charge in [-0.3, -0.25) is 4.79 Å². The van der Waals surface area contributed by atoms with Crippen LogP contribution in [0.2, 0.25) is 0 Å². The molecule has 0 atom stereocenters. The van der Waals surface area contributed by atoms with Crippen molar-refractivity contribution >= 4 is 5.78 Å². The zero-order valence-electron chi connectivity index (χ0n) is 11.1. The molecule has 0 aromatic heterocycles. The van der Waals surface area contributed by atoms with E-state index in [9.17, 15) is 4.79 Å². The SMILES string of the molecule is Cc1ccc(C(=O)C#CN2CCCCC2)c(C)c1. The molecule has 1 heterocycles. The van der Waals surface area contributed by atoms with Gasteiger partial charge in [0.25, 0.3) is 0 Å². The van der Waals surface area contributed by atoms with Crippen molar-refractivity contribution in [1.29, 1.82) is 0 Å². The quantitative estimate of drug-likeness (QED) is 0.556. The summed E-state index contributed by atoms with van der Waals surface area (Å²) < 4.78 is 0. The first-order valence-corrected chi connectivity index (χ1v) is 6.55. The molecule has 0 spiro atoms. The molecule has 1 aliphatic heterocycles. The number of rotatable bonds is 1. The molecule has 1 fully saturated rings. The Labute approximate surface area is 109 Å². The molecule has 1 aliphatic rings. The van der Waals surface area contributed by atoms with Gasteiger partial charge in [0.05, 0.1) is 0 Å². The van der Waals surface area contributed by atoms with Crippen LogP contribution >= 0.6 is 0 Å². The molecule has 2 rings (SSSR count). The fourth-order valence-electron chi connectivity index (χ4n) is 2.27. The van der Waals surface area contributed by atoms with E-state index in [1.165, 1.54) is 24.8 Å². The van der Waals surface area contributed by atoms with E-state index >= 15 is 0 Å². The van der Waals surface area contributed by atoms with Crippen LogP contribution in [0.5, 0.6) is 0 Å². The molecule has 18 heavy (non-hydrogen) atoms. The number of carbonyl (C=O) groups excluding carboxylic acids is 1. The number of benzene rings is 1. The van der Waals surface area contributed by atoms with Crippen molar-refractivity contribution in [3.05, 3.63) is 34.9 Å². The van der Waals surface area contributed by atoms with E-state index in [0.29, 0.717) is 0 Å². The standard InChI is InChI=1S/C16H19NO/c1-13-6-7-15(14(2)12-13)16(18)8-11-17-9-4-3-5-10-17/h6-7,12H,3-5,9-10H2,1-2H3. The second-order valence-corrected chi connectivity index (χ2v) is 4.93. The summed E-state index contributed by atoms with van der Waals surface area (Å²) in [5.41, 5.74) is 2.91. The van der Waals surface area contributed by atoms with Gasteiger partial charge in [-0.25, -0.2) is 0 Å². The van der Waals surface area contributed by atoms with Gasteiger partial charge < -0.3 is 4.90 Å². The highest BCUT2D eigenvalue weighted by atomic mass is 16.1. The Morgan fingerprint density at radius 1 is 1.17 bits per heavy atom. The second-order valence-electron chi connectivity index (χ2n) is 4.93. The summed E-state index contributed by atoms with van der Waals surface area (Å²) in [7, 11) is 0. The molecule has 2 heteroatoms. The molecule has 1 saturated heterocycles. The van der Waals surface area contributed by atoms with Crippen molar-refractivity contribution in [3.8, 4) is 12.0 Å². The van der Waals surface area contributed by atoms with E-state index in [4.69, 9.17) is 0 Å². The number of carbonyl (C=O) groups is 1. The fourth-order valence-corrected chi connectivity index (χ4v) is 2.27. The number of likely N-dealkylation sites (tertiary alicyclic amines) is 1. The zero-order chi connectivity index (χ0) is 13.0. The van der Waals surface area contributed by atoms with Crippen LogP contribution in [0.25, 0.3) is 0 Å². The van der Waals surface area contributed by atoms with Crippen LogP contribution in [0.15, 0.2) is 18.2 Å². The monoisotopic (exact) mass is 241 g/mol. The van der Waals surface area contributed by atoms with E-state index in [1.54, 1.807) is 0 Å². The number of Topliss-reactive ketones (excluding diaryl/α,β-unsaturated/α-hetero) is 1. The van der Waals surface area contributed by atoms with Crippen LogP contribution in [0.4, 0.5) is 0 Å². The van der Waals surface area contributed by atoms with Gasteiger partial charge in [0.2, 0.25) is 5.78 Å². The molecule has 0 aliphatic carbocycles. The van der Waals surface area contributed by atoms with Crippen LogP contribution in [-0.4, -0.2) is 23.8 Å². The Kier molecular flexibility index (Phi) is 4.04. The van der Waals surface area contributed by atoms with Crippen LogP contribution in [0.3, 0.4) is 0 Å². The molecule has 1 aromatic rings. The molecule has 0 bridgehead atoms. The smallest absolute Gasteiger partial charge is 0.237 e. The lowest BCUT2D eigenvalue weighted by Gasteiger charge is -2.21. The largest absolute Gasteiger partial charge is 0.332 e. The maximum absolute atomic E-state index is 12.0. The Morgan fingerprint density at radius 2 is 1.89 bits per heavy atom. The van der Waals surface area contributed by atoms with Crippen molar-refractivity contribution < 1.29 is 4.79 Å². The average molecular weight is 241 g/mol. The maximum Gasteiger partial charge on any atom is 0.237 e. The van der Waals surface area contributed by atoms with Crippen LogP contribution in [0.1, 0.15) is 40.7 Å². The normalized spacial score (nSPS) is 14.9. The lowest BCUT2D eigenvalue weighted by atomic mass is 10.0. The number of hydrogen-bond donors (Lipinski definition) is 0. The minimum atomic E-state index is -0.0712. The zero-order valence-corrected chi connectivity index (χ0v) is 11.1. The first-order valence-electron chi connectivity index (χ1n) is 6.55. The van der Waals surface area contributed by atoms with E-state index in [0.717, 1.165) is 24.2 Å². The summed E-state index contributed by atoms with van der Waals surface area (Å²) >= 11 is 0. The van der Waals surface area contributed by atoms with E-state index in [1.807, 2.05) is 32.0 Å². The van der Waals surface area contributed by atoms with E-state index in [2.05, 4.69) is 16.9 Å². The molecule has 1 aromatic carbocycles. The number of ketones is 1. The third-order valence-corrected chi connectivity index (χ3v) is 3.31. The molecule has 0 radical (unpaired) electrons. The molecule has 0 saturated carbocycles. The summed E-state index contributed by atoms with van der Waals surface area (Å²) in [6.45, 7) is 5.98. The summed E-state index contributed by atoms with van der Waals surface area (Å²) in [6.07, 6.45) is 3.65. The van der Waals surface area contributed by atoms with Gasteiger partial charge in [0, 0.05) is 24.7 Å². The van der Waals surface area contributed by atoms with Crippen molar-refractivity contribution in [3.63, 3.8) is 0 Å². The number of aryl methyl sites for hydroxylation is 2. The van der Waals surface area contributed by atoms with Crippen LogP contribution in [-0.2, 0) is 0 Å². The van der Waals surface area contributed by atoms with Crippen molar-refractivity contribution in [2.24, 2.45) is 0 Å². The molecule has 0 amide bonds. The van der Waals surface area contributed by atoms with Gasteiger partial charge in [0.1, 0.15) is 0 Å². The highest BCUT2D eigenvalue weighted by Gasteiger charge is 2.08. The minimum absolute atomic E-state index is 0.0712. The lowest BCUT2D eigenvalue weighted by Crippen LogP contribution is -2.25. The first kappa shape index (κ1) is 12.7. The summed E-state index contributed by atoms with van der Waals surface area (Å²) in [5.74, 6) is 2.69. The van der Waals surface area contributed by atoms with Gasteiger partial charge in [-0.1, -0.05) is 17.7 Å². The Balaban J connectivity index is 2.09. The van der Waals surface area contributed by atoms with E-state index in [-0.39, 0.29) is 5.78 Å². The van der Waals surface area contributed by atoms with Crippen LogP contribution in [0, 0.1) is 25.8 Å². The average Bonchev–Trinajstić information content (AvgIpc) is 2.37. The molecule has 2 nitrogen and oxygen atoms in total. The van der Waals surface area contributed by atoms with Crippen molar-refractivity contribution in [2.75, 3.05) is 13.1 Å². The highest BCUT2D eigenvalue weighted by Crippen LogP contribution is 2.11. The number of hydrogen-bond acceptors (Lipinski definition) is 2. The lowest BCUT2D eigenvalue weighted by molar-refractivity contribution is 0.105. The fraction of sp³-hybridized carbons (Fsp3) is 0.438. The third-order valence-electron chi connectivity index (χ3n) is 3.31. The van der Waals surface area contributed by atoms with Crippen molar-refractivity contribution in [2.45, 2.75) is 33.1 Å². The number of nitrogens with zero attached hydrogens (tertiary/aromatic N) is 1. The summed E-state index contributed by atoms with van der Waals surface area (Å²) in [5, 5.41) is 0. The number of piperidine rings is 1. The maximum atomic E-state index is 12.0. The third kappa shape index (κ3) is 3.13. The minimum Gasteiger partial charge on any atom is -0.332 e. The molecular formula is C16H19NO. The Bertz CT molecular complexity index is 502.